The molecule has 98 valence electrons. The number of aromatic nitrogens is 2. The van der Waals surface area contributed by atoms with Crippen molar-refractivity contribution in [3.63, 3.8) is 0 Å². The van der Waals surface area contributed by atoms with Crippen molar-refractivity contribution in [2.24, 2.45) is 0 Å². The second-order valence-electron chi connectivity index (χ2n) is 4.40. The molecule has 4 nitrogen and oxygen atoms in total. The number of hydrogen-bond donors (Lipinski definition) is 2. The van der Waals surface area contributed by atoms with Crippen LogP contribution < -0.4 is 10.9 Å². The highest BCUT2D eigenvalue weighted by atomic mass is 35.5. The Bertz CT molecular complexity index is 697. The van der Waals surface area contributed by atoms with Gasteiger partial charge in [-0.2, -0.15) is 0 Å². The summed E-state index contributed by atoms with van der Waals surface area (Å²) < 4.78 is 0. The number of nitrogens with one attached hydrogen (secondary N) is 2. The van der Waals surface area contributed by atoms with Gasteiger partial charge in [0.1, 0.15) is 11.6 Å². The maximum Gasteiger partial charge on any atom is 0.256 e. The molecule has 1 aliphatic heterocycles. The van der Waals surface area contributed by atoms with Crippen LogP contribution in [0, 0.1) is 0 Å². The molecule has 0 saturated heterocycles. The molecule has 19 heavy (non-hydrogen) atoms. The fraction of sp³-hybridized carbons (Fsp3) is 0.231. The largest absolute Gasteiger partial charge is 0.370 e. The number of benzene rings is 1. The molecule has 2 heterocycles. The van der Waals surface area contributed by atoms with Gasteiger partial charge in [-0.05, 0) is 31.0 Å². The highest BCUT2D eigenvalue weighted by Crippen LogP contribution is 2.27. The SMILES string of the molecule is O=c1[nH]c(-c2ccc(Cl)c(Cl)c2)nc2c1CCCN2. The average Bonchev–Trinajstić information content (AvgIpc) is 2.42. The number of halogens is 2. The third-order valence-corrected chi connectivity index (χ3v) is 3.84. The van der Waals surface area contributed by atoms with Gasteiger partial charge in [0.15, 0.2) is 0 Å². The molecule has 0 bridgehead atoms. The van der Waals surface area contributed by atoms with Gasteiger partial charge in [0, 0.05) is 12.1 Å². The van der Waals surface area contributed by atoms with E-state index in [0.717, 1.165) is 30.5 Å². The smallest absolute Gasteiger partial charge is 0.256 e. The van der Waals surface area contributed by atoms with E-state index in [4.69, 9.17) is 23.2 Å². The molecule has 2 N–H and O–H groups in total. The maximum absolute atomic E-state index is 12.0. The van der Waals surface area contributed by atoms with Gasteiger partial charge >= 0.3 is 0 Å². The number of rotatable bonds is 1. The van der Waals surface area contributed by atoms with Crippen LogP contribution in [0.3, 0.4) is 0 Å². The third kappa shape index (κ3) is 2.33. The monoisotopic (exact) mass is 295 g/mol. The summed E-state index contributed by atoms with van der Waals surface area (Å²) in [5.74, 6) is 1.16. The van der Waals surface area contributed by atoms with Crippen LogP contribution >= 0.6 is 23.2 Å². The van der Waals surface area contributed by atoms with E-state index >= 15 is 0 Å². The van der Waals surface area contributed by atoms with Crippen molar-refractivity contribution < 1.29 is 0 Å². The van der Waals surface area contributed by atoms with E-state index in [1.807, 2.05) is 0 Å². The van der Waals surface area contributed by atoms with Crippen LogP contribution in [0.4, 0.5) is 5.82 Å². The van der Waals surface area contributed by atoms with Gasteiger partial charge in [0.05, 0.1) is 15.6 Å². The molecule has 0 radical (unpaired) electrons. The van der Waals surface area contributed by atoms with E-state index in [9.17, 15) is 4.79 Å². The van der Waals surface area contributed by atoms with Crippen molar-refractivity contribution in [3.05, 3.63) is 44.2 Å². The number of nitrogens with zero attached hydrogens (tertiary/aromatic N) is 1. The number of anilines is 1. The summed E-state index contributed by atoms with van der Waals surface area (Å²) >= 11 is 11.9. The summed E-state index contributed by atoms with van der Waals surface area (Å²) in [6.45, 7) is 0.838. The summed E-state index contributed by atoms with van der Waals surface area (Å²) in [5, 5.41) is 4.06. The zero-order chi connectivity index (χ0) is 13.4. The molecule has 6 heteroatoms. The Morgan fingerprint density at radius 1 is 1.21 bits per heavy atom. The van der Waals surface area contributed by atoms with E-state index in [1.54, 1.807) is 18.2 Å². The summed E-state index contributed by atoms with van der Waals surface area (Å²) in [5.41, 5.74) is 1.36. The van der Waals surface area contributed by atoms with E-state index in [1.165, 1.54) is 0 Å². The molecule has 0 amide bonds. The fourth-order valence-electron chi connectivity index (χ4n) is 2.13. The standard InChI is InChI=1S/C13H11Cl2N3O/c14-9-4-3-7(6-10(9)15)11-17-12-8(13(19)18-11)2-1-5-16-12/h3-4,6H,1-2,5H2,(H2,16,17,18,19). The highest BCUT2D eigenvalue weighted by Gasteiger charge is 2.16. The summed E-state index contributed by atoms with van der Waals surface area (Å²) in [7, 11) is 0. The molecule has 0 spiro atoms. The first-order valence-electron chi connectivity index (χ1n) is 5.97. The van der Waals surface area contributed by atoms with E-state index in [2.05, 4.69) is 15.3 Å². The molecule has 0 unspecified atom stereocenters. The van der Waals surface area contributed by atoms with Crippen molar-refractivity contribution in [2.75, 3.05) is 11.9 Å². The fourth-order valence-corrected chi connectivity index (χ4v) is 2.43. The Kier molecular flexibility index (Phi) is 3.21. The van der Waals surface area contributed by atoms with E-state index in [-0.39, 0.29) is 5.56 Å². The number of aromatic amines is 1. The van der Waals surface area contributed by atoms with Gasteiger partial charge in [-0.25, -0.2) is 4.98 Å². The van der Waals surface area contributed by atoms with Gasteiger partial charge in [-0.3, -0.25) is 4.79 Å². The van der Waals surface area contributed by atoms with Gasteiger partial charge in [-0.15, -0.1) is 0 Å². The lowest BCUT2D eigenvalue weighted by Crippen LogP contribution is -2.24. The van der Waals surface area contributed by atoms with Crippen LogP contribution in [0.15, 0.2) is 23.0 Å². The molecular formula is C13H11Cl2N3O. The summed E-state index contributed by atoms with van der Waals surface area (Å²) in [6, 6.07) is 5.16. The van der Waals surface area contributed by atoms with E-state index < -0.39 is 0 Å². The molecule has 1 aromatic heterocycles. The predicted octanol–water partition coefficient (Wildman–Crippen LogP) is 3.10. The van der Waals surface area contributed by atoms with Crippen LogP contribution in [-0.2, 0) is 6.42 Å². The van der Waals surface area contributed by atoms with Crippen molar-refractivity contribution >= 4 is 29.0 Å². The molecule has 0 fully saturated rings. The van der Waals surface area contributed by atoms with E-state index in [0.29, 0.717) is 21.7 Å². The first-order chi connectivity index (χ1) is 9.15. The van der Waals surface area contributed by atoms with Crippen LogP contribution in [0.25, 0.3) is 11.4 Å². The molecule has 2 aromatic rings. The van der Waals surface area contributed by atoms with Gasteiger partial charge in [0.25, 0.3) is 5.56 Å². The molecule has 1 aromatic carbocycles. The van der Waals surface area contributed by atoms with Crippen LogP contribution in [0.5, 0.6) is 0 Å². The van der Waals surface area contributed by atoms with Crippen LogP contribution in [0.1, 0.15) is 12.0 Å². The zero-order valence-corrected chi connectivity index (χ0v) is 11.5. The Morgan fingerprint density at radius 2 is 2.05 bits per heavy atom. The normalized spacial score (nSPS) is 13.8. The van der Waals surface area contributed by atoms with Gasteiger partial charge < -0.3 is 10.3 Å². The Labute approximate surface area is 119 Å². The minimum atomic E-state index is -0.0988. The first kappa shape index (κ1) is 12.5. The minimum Gasteiger partial charge on any atom is -0.370 e. The Morgan fingerprint density at radius 3 is 2.84 bits per heavy atom. The molecule has 0 aliphatic carbocycles. The Balaban J connectivity index is 2.12. The van der Waals surface area contributed by atoms with Crippen molar-refractivity contribution in [3.8, 4) is 11.4 Å². The lowest BCUT2D eigenvalue weighted by Gasteiger charge is -2.16. The Hall–Kier alpha value is -1.52. The second kappa shape index (κ2) is 4.87. The molecular weight excluding hydrogens is 285 g/mol. The van der Waals surface area contributed by atoms with Gasteiger partial charge in [0.2, 0.25) is 0 Å². The van der Waals surface area contributed by atoms with Crippen LogP contribution in [-0.4, -0.2) is 16.5 Å². The topological polar surface area (TPSA) is 57.8 Å². The van der Waals surface area contributed by atoms with Crippen molar-refractivity contribution in [1.82, 2.24) is 9.97 Å². The molecule has 0 saturated carbocycles. The number of H-pyrrole nitrogens is 1. The average molecular weight is 296 g/mol. The van der Waals surface area contributed by atoms with Crippen molar-refractivity contribution in [1.29, 1.82) is 0 Å². The molecule has 1 aliphatic rings. The summed E-state index contributed by atoms with van der Waals surface area (Å²) in [4.78, 5) is 19.3. The summed E-state index contributed by atoms with van der Waals surface area (Å²) in [6.07, 6.45) is 1.70. The van der Waals surface area contributed by atoms with Crippen molar-refractivity contribution in [2.45, 2.75) is 12.8 Å². The number of hydrogen-bond acceptors (Lipinski definition) is 3. The molecule has 0 atom stereocenters. The molecule has 3 rings (SSSR count). The van der Waals surface area contributed by atoms with Gasteiger partial charge in [-0.1, -0.05) is 23.2 Å². The lowest BCUT2D eigenvalue weighted by molar-refractivity contribution is 0.800. The van der Waals surface area contributed by atoms with Crippen LogP contribution in [0.2, 0.25) is 10.0 Å². The zero-order valence-electron chi connectivity index (χ0n) is 9.96. The third-order valence-electron chi connectivity index (χ3n) is 3.10. The highest BCUT2D eigenvalue weighted by molar-refractivity contribution is 6.42. The minimum absolute atomic E-state index is 0.0988. The first-order valence-corrected chi connectivity index (χ1v) is 6.73. The lowest BCUT2D eigenvalue weighted by atomic mass is 10.1. The second-order valence-corrected chi connectivity index (χ2v) is 5.22. The maximum atomic E-state index is 12.0. The quantitative estimate of drug-likeness (QED) is 0.850. The predicted molar refractivity (Wildman–Crippen MR) is 77.1 cm³/mol. The number of fused-ring (bicyclic) bond motifs is 1.